The van der Waals surface area contributed by atoms with Gasteiger partial charge >= 0.3 is 0 Å². The van der Waals surface area contributed by atoms with Gasteiger partial charge in [-0.1, -0.05) is 0 Å². The molecule has 134 valence electrons. The Balaban J connectivity index is 1.42. The van der Waals surface area contributed by atoms with Crippen LogP contribution < -0.4 is 0 Å². The Bertz CT molecular complexity index is 704. The van der Waals surface area contributed by atoms with Crippen molar-refractivity contribution in [1.82, 2.24) is 14.5 Å². The van der Waals surface area contributed by atoms with Crippen LogP contribution >= 0.6 is 0 Å². The predicted octanol–water partition coefficient (Wildman–Crippen LogP) is 1.96. The van der Waals surface area contributed by atoms with E-state index in [-0.39, 0.29) is 11.8 Å². The fourth-order valence-electron chi connectivity index (χ4n) is 3.46. The van der Waals surface area contributed by atoms with Gasteiger partial charge in [-0.25, -0.2) is 4.98 Å². The fourth-order valence-corrected chi connectivity index (χ4v) is 3.46. The van der Waals surface area contributed by atoms with Crippen molar-refractivity contribution in [3.63, 3.8) is 0 Å². The second-order valence-electron chi connectivity index (χ2n) is 6.58. The molecule has 7 nitrogen and oxygen atoms in total. The molecule has 4 heterocycles. The third-order valence-corrected chi connectivity index (χ3v) is 4.85. The molecule has 4 rings (SSSR count). The van der Waals surface area contributed by atoms with Crippen LogP contribution in [0.3, 0.4) is 0 Å². The average molecular weight is 345 g/mol. The number of ether oxygens (including phenoxy) is 2. The van der Waals surface area contributed by atoms with E-state index >= 15 is 0 Å². The van der Waals surface area contributed by atoms with Crippen LogP contribution in [0.5, 0.6) is 0 Å². The van der Waals surface area contributed by atoms with E-state index < -0.39 is 0 Å². The van der Waals surface area contributed by atoms with Crippen LogP contribution in [0.25, 0.3) is 0 Å². The van der Waals surface area contributed by atoms with Crippen LogP contribution in [0.4, 0.5) is 0 Å². The summed E-state index contributed by atoms with van der Waals surface area (Å²) in [5.41, 5.74) is 1.97. The van der Waals surface area contributed by atoms with E-state index in [1.807, 2.05) is 23.4 Å². The van der Waals surface area contributed by atoms with Gasteiger partial charge in [-0.2, -0.15) is 0 Å². The highest BCUT2D eigenvalue weighted by Crippen LogP contribution is 2.22. The van der Waals surface area contributed by atoms with Crippen molar-refractivity contribution in [2.75, 3.05) is 19.8 Å². The molecule has 1 atom stereocenters. The summed E-state index contributed by atoms with van der Waals surface area (Å²) in [4.78, 5) is 19.2. The molecule has 0 aliphatic carbocycles. The minimum Gasteiger partial charge on any atom is -0.467 e. The van der Waals surface area contributed by atoms with Crippen molar-refractivity contribution in [1.29, 1.82) is 0 Å². The molecule has 2 aromatic heterocycles. The molecule has 25 heavy (non-hydrogen) atoms. The summed E-state index contributed by atoms with van der Waals surface area (Å²) < 4.78 is 18.5. The van der Waals surface area contributed by atoms with E-state index in [9.17, 15) is 4.79 Å². The van der Waals surface area contributed by atoms with Gasteiger partial charge < -0.3 is 23.4 Å². The van der Waals surface area contributed by atoms with Crippen LogP contribution in [-0.2, 0) is 40.6 Å². The molecule has 0 aromatic carbocycles. The summed E-state index contributed by atoms with van der Waals surface area (Å²) in [5, 5.41) is 0. The summed E-state index contributed by atoms with van der Waals surface area (Å²) in [6.45, 7) is 4.32. The quantitative estimate of drug-likeness (QED) is 0.828. The van der Waals surface area contributed by atoms with Crippen LogP contribution in [0, 0.1) is 5.92 Å². The monoisotopic (exact) mass is 345 g/mol. The number of nitrogens with zero attached hydrogens (tertiary/aromatic N) is 3. The number of aryl methyl sites for hydroxylation is 1. The lowest BCUT2D eigenvalue weighted by atomic mass is 10.1. The predicted molar refractivity (Wildman–Crippen MR) is 88.4 cm³/mol. The van der Waals surface area contributed by atoms with Crippen molar-refractivity contribution in [3.05, 3.63) is 41.9 Å². The molecule has 2 aromatic rings. The van der Waals surface area contributed by atoms with Crippen LogP contribution in [-0.4, -0.2) is 40.1 Å². The van der Waals surface area contributed by atoms with Crippen molar-refractivity contribution >= 4 is 5.91 Å². The summed E-state index contributed by atoms with van der Waals surface area (Å²) >= 11 is 0. The lowest BCUT2D eigenvalue weighted by molar-refractivity contribution is -0.136. The van der Waals surface area contributed by atoms with Gasteiger partial charge in [0.15, 0.2) is 0 Å². The Morgan fingerprint density at radius 3 is 3.12 bits per heavy atom. The Morgan fingerprint density at radius 2 is 2.32 bits per heavy atom. The highest BCUT2D eigenvalue weighted by atomic mass is 16.5. The lowest BCUT2D eigenvalue weighted by Crippen LogP contribution is -2.36. The normalized spacial score (nSPS) is 20.5. The molecule has 1 amide bonds. The molecule has 0 spiro atoms. The number of carbonyl (C=O) groups excluding carboxylic acids is 1. The number of amides is 1. The molecule has 0 bridgehead atoms. The maximum absolute atomic E-state index is 12.7. The van der Waals surface area contributed by atoms with E-state index in [2.05, 4.69) is 9.55 Å². The highest BCUT2D eigenvalue weighted by molar-refractivity contribution is 5.79. The van der Waals surface area contributed by atoms with Gasteiger partial charge in [-0.05, 0) is 25.0 Å². The van der Waals surface area contributed by atoms with E-state index in [1.54, 1.807) is 6.26 Å². The van der Waals surface area contributed by atoms with Gasteiger partial charge in [0, 0.05) is 19.7 Å². The molecular formula is C18H23N3O4. The van der Waals surface area contributed by atoms with E-state index in [0.717, 1.165) is 43.1 Å². The smallest absolute Gasteiger partial charge is 0.228 e. The Hall–Kier alpha value is -2.12. The number of hydrogen-bond acceptors (Lipinski definition) is 5. The van der Waals surface area contributed by atoms with Crippen molar-refractivity contribution in [2.24, 2.45) is 5.92 Å². The number of aromatic nitrogens is 2. The molecular weight excluding hydrogens is 322 g/mol. The number of imidazole rings is 1. The van der Waals surface area contributed by atoms with Crippen molar-refractivity contribution in [2.45, 2.75) is 39.1 Å². The molecule has 7 heteroatoms. The van der Waals surface area contributed by atoms with Gasteiger partial charge in [-0.3, -0.25) is 4.79 Å². The molecule has 0 radical (unpaired) electrons. The van der Waals surface area contributed by atoms with E-state index in [0.29, 0.717) is 33.0 Å². The number of rotatable bonds is 5. The summed E-state index contributed by atoms with van der Waals surface area (Å²) in [5.74, 6) is 1.01. The third-order valence-electron chi connectivity index (χ3n) is 4.85. The first-order chi connectivity index (χ1) is 12.3. The van der Waals surface area contributed by atoms with Gasteiger partial charge in [0.25, 0.3) is 0 Å². The summed E-state index contributed by atoms with van der Waals surface area (Å²) in [6.07, 6.45) is 5.26. The number of furan rings is 1. The van der Waals surface area contributed by atoms with E-state index in [4.69, 9.17) is 13.9 Å². The van der Waals surface area contributed by atoms with Gasteiger partial charge in [0.1, 0.15) is 12.4 Å². The highest BCUT2D eigenvalue weighted by Gasteiger charge is 2.30. The van der Waals surface area contributed by atoms with Gasteiger partial charge in [0.05, 0.1) is 49.7 Å². The molecule has 1 fully saturated rings. The maximum Gasteiger partial charge on any atom is 0.228 e. The molecule has 1 saturated heterocycles. The average Bonchev–Trinajstić information content (AvgIpc) is 3.36. The SMILES string of the molecule is O=C([C@H]1CCOC1)N1CCCn2cnc(COCc3ccco3)c2C1. The molecule has 2 aliphatic heterocycles. The van der Waals surface area contributed by atoms with Crippen LogP contribution in [0.1, 0.15) is 30.0 Å². The first-order valence-corrected chi connectivity index (χ1v) is 8.81. The molecule has 2 aliphatic rings. The van der Waals surface area contributed by atoms with Crippen molar-refractivity contribution < 1.29 is 18.7 Å². The Labute approximate surface area is 146 Å². The summed E-state index contributed by atoms with van der Waals surface area (Å²) in [7, 11) is 0. The zero-order valence-electron chi connectivity index (χ0n) is 14.2. The standard InChI is InChI=1S/C18H23N3O4/c22-18(14-4-8-23-10-14)20-5-2-6-21-13-19-16(17(21)9-20)12-24-11-15-3-1-7-25-15/h1,3,7,13-14H,2,4-6,8-12H2/t14-/m0/s1. The number of carbonyl (C=O) groups is 1. The minimum absolute atomic E-state index is 0.00752. The summed E-state index contributed by atoms with van der Waals surface area (Å²) in [6, 6.07) is 3.73. The largest absolute Gasteiger partial charge is 0.467 e. The number of hydrogen-bond donors (Lipinski definition) is 0. The lowest BCUT2D eigenvalue weighted by Gasteiger charge is -2.23. The second-order valence-corrected chi connectivity index (χ2v) is 6.58. The fraction of sp³-hybridized carbons (Fsp3) is 0.556. The Morgan fingerprint density at radius 1 is 1.36 bits per heavy atom. The topological polar surface area (TPSA) is 69.7 Å². The Kier molecular flexibility index (Phi) is 4.85. The van der Waals surface area contributed by atoms with Crippen molar-refractivity contribution in [3.8, 4) is 0 Å². The molecule has 0 N–H and O–H groups in total. The van der Waals surface area contributed by atoms with Crippen LogP contribution in [0.15, 0.2) is 29.1 Å². The first-order valence-electron chi connectivity index (χ1n) is 8.81. The zero-order valence-corrected chi connectivity index (χ0v) is 14.2. The third kappa shape index (κ3) is 3.62. The molecule has 0 unspecified atom stereocenters. The van der Waals surface area contributed by atoms with Gasteiger partial charge in [-0.15, -0.1) is 0 Å². The first kappa shape index (κ1) is 16.4. The van der Waals surface area contributed by atoms with Crippen LogP contribution in [0.2, 0.25) is 0 Å². The minimum atomic E-state index is 0.00752. The second kappa shape index (κ2) is 7.41. The molecule has 0 saturated carbocycles. The van der Waals surface area contributed by atoms with E-state index in [1.165, 1.54) is 0 Å². The van der Waals surface area contributed by atoms with Gasteiger partial charge in [0.2, 0.25) is 5.91 Å². The maximum atomic E-state index is 12.7. The zero-order chi connectivity index (χ0) is 17.1. The number of fused-ring (bicyclic) bond motifs is 1.